The van der Waals surface area contributed by atoms with Gasteiger partial charge in [0.15, 0.2) is 17.2 Å². The van der Waals surface area contributed by atoms with Crippen molar-refractivity contribution in [3.05, 3.63) is 91.9 Å². The molecule has 0 amide bonds. The maximum Gasteiger partial charge on any atom is 0.351 e. The van der Waals surface area contributed by atoms with Crippen LogP contribution in [0.1, 0.15) is 34.0 Å². The fourth-order valence-corrected chi connectivity index (χ4v) is 4.95. The Morgan fingerprint density at radius 3 is 2.31 bits per heavy atom. The van der Waals surface area contributed by atoms with Gasteiger partial charge >= 0.3 is 11.6 Å². The van der Waals surface area contributed by atoms with Crippen LogP contribution < -0.4 is 30.0 Å². The maximum absolute atomic E-state index is 13.3. The number of carbonyl (C=O) groups is 1. The van der Waals surface area contributed by atoms with E-state index in [1.54, 1.807) is 36.4 Å². The minimum Gasteiger partial charge on any atom is -0.493 e. The first kappa shape index (κ1) is 25.8. The summed E-state index contributed by atoms with van der Waals surface area (Å²) in [5.41, 5.74) is 1.45. The number of esters is 1. The molecule has 1 atom stereocenters. The van der Waals surface area contributed by atoms with E-state index in [1.807, 2.05) is 6.07 Å². The van der Waals surface area contributed by atoms with Gasteiger partial charge in [0.2, 0.25) is 11.2 Å². The minimum atomic E-state index is -0.878. The average Bonchev–Trinajstić information content (AvgIpc) is 3.19. The molecule has 3 aromatic carbocycles. The molecule has 0 saturated carbocycles. The smallest absolute Gasteiger partial charge is 0.351 e. The van der Waals surface area contributed by atoms with Gasteiger partial charge in [-0.2, -0.15) is 0 Å². The lowest BCUT2D eigenvalue weighted by molar-refractivity contribution is 0.0276. The summed E-state index contributed by atoms with van der Waals surface area (Å²) in [6.45, 7) is 0. The third-order valence-electron chi connectivity index (χ3n) is 6.78. The Labute approximate surface area is 223 Å². The van der Waals surface area contributed by atoms with E-state index in [4.69, 9.17) is 28.1 Å². The van der Waals surface area contributed by atoms with Crippen molar-refractivity contribution in [3.63, 3.8) is 0 Å². The molecule has 200 valence electrons. The summed E-state index contributed by atoms with van der Waals surface area (Å²) in [5.74, 6) is 0.526. The molecule has 1 aliphatic carbocycles. The Morgan fingerprint density at radius 2 is 1.59 bits per heavy atom. The summed E-state index contributed by atoms with van der Waals surface area (Å²) in [7, 11) is 5.96. The van der Waals surface area contributed by atoms with Crippen LogP contribution in [-0.4, -0.2) is 34.4 Å². The number of methoxy groups -OCH3 is 4. The normalized spacial score (nSPS) is 14.0. The number of fused-ring (bicyclic) bond motifs is 4. The number of aryl methyl sites for hydroxylation is 1. The van der Waals surface area contributed by atoms with Crippen LogP contribution >= 0.6 is 0 Å². The monoisotopic (exact) mass is 530 g/mol. The van der Waals surface area contributed by atoms with Crippen LogP contribution in [0.3, 0.4) is 0 Å². The summed E-state index contributed by atoms with van der Waals surface area (Å²) in [6, 6.07) is 14.8. The second-order valence-corrected chi connectivity index (χ2v) is 8.88. The number of rotatable bonds is 6. The molecule has 9 nitrogen and oxygen atoms in total. The maximum atomic E-state index is 13.3. The lowest BCUT2D eigenvalue weighted by Crippen LogP contribution is -2.19. The van der Waals surface area contributed by atoms with Gasteiger partial charge in [-0.05, 0) is 60.4 Å². The fourth-order valence-electron chi connectivity index (χ4n) is 4.95. The first-order chi connectivity index (χ1) is 18.9. The Balaban J connectivity index is 1.68. The molecule has 39 heavy (non-hydrogen) atoms. The van der Waals surface area contributed by atoms with Crippen LogP contribution in [0.15, 0.2) is 68.6 Å². The minimum absolute atomic E-state index is 0.115. The topological polar surface area (TPSA) is 110 Å². The van der Waals surface area contributed by atoms with Crippen LogP contribution in [0.5, 0.6) is 23.0 Å². The Kier molecular flexibility index (Phi) is 6.98. The van der Waals surface area contributed by atoms with E-state index in [-0.39, 0.29) is 11.3 Å². The van der Waals surface area contributed by atoms with Crippen LogP contribution in [0.4, 0.5) is 0 Å². The molecule has 1 heterocycles. The van der Waals surface area contributed by atoms with Crippen molar-refractivity contribution in [1.82, 2.24) is 0 Å². The standard InChI is InChI=1S/C30H26O9/c1-34-24-12-10-18-19(15-21(24)31)23(11-9-17-14-25(35-2)27(36-3)28(37-4)26(17)18)39-30(33)20-13-16-7-5-6-8-22(16)38-29(20)32/h5-8,10,12-15,23H,9,11H2,1-4H3/t23-/m1/s1. The Bertz CT molecular complexity index is 1700. The zero-order valence-electron chi connectivity index (χ0n) is 21.9. The van der Waals surface area contributed by atoms with Crippen LogP contribution in [0, 0.1) is 0 Å². The third kappa shape index (κ3) is 4.56. The van der Waals surface area contributed by atoms with E-state index in [0.29, 0.717) is 57.7 Å². The van der Waals surface area contributed by atoms with Crippen molar-refractivity contribution < 1.29 is 32.9 Å². The van der Waals surface area contributed by atoms with Crippen molar-refractivity contribution >= 4 is 16.9 Å². The molecular formula is C30H26O9. The van der Waals surface area contributed by atoms with Crippen molar-refractivity contribution in [3.8, 4) is 34.1 Å². The number of hydrogen-bond donors (Lipinski definition) is 0. The number of carbonyl (C=O) groups excluding carboxylic acids is 1. The molecule has 4 aromatic rings. The lowest BCUT2D eigenvalue weighted by Gasteiger charge is -2.19. The predicted octanol–water partition coefficient (Wildman–Crippen LogP) is 4.70. The van der Waals surface area contributed by atoms with E-state index in [0.717, 1.165) is 5.56 Å². The van der Waals surface area contributed by atoms with Crippen molar-refractivity contribution in [2.45, 2.75) is 18.9 Å². The zero-order chi connectivity index (χ0) is 27.7. The molecule has 0 unspecified atom stereocenters. The summed E-state index contributed by atoms with van der Waals surface area (Å²) < 4.78 is 33.4. The van der Waals surface area contributed by atoms with Gasteiger partial charge in [0.1, 0.15) is 17.3 Å². The predicted molar refractivity (Wildman–Crippen MR) is 143 cm³/mol. The quantitative estimate of drug-likeness (QED) is 0.259. The molecule has 0 spiro atoms. The van der Waals surface area contributed by atoms with E-state index in [2.05, 4.69) is 0 Å². The molecule has 0 N–H and O–H groups in total. The summed E-state index contributed by atoms with van der Waals surface area (Å²) in [6.07, 6.45) is -0.118. The second kappa shape index (κ2) is 10.5. The molecule has 0 saturated heterocycles. The van der Waals surface area contributed by atoms with Gasteiger partial charge in [0.05, 0.1) is 28.4 Å². The number of hydrogen-bond acceptors (Lipinski definition) is 9. The first-order valence-electron chi connectivity index (χ1n) is 12.2. The molecular weight excluding hydrogens is 504 g/mol. The van der Waals surface area contributed by atoms with Crippen molar-refractivity contribution in [2.24, 2.45) is 0 Å². The van der Waals surface area contributed by atoms with Gasteiger partial charge < -0.3 is 28.1 Å². The molecule has 1 aliphatic rings. The lowest BCUT2D eigenvalue weighted by atomic mass is 9.96. The second-order valence-electron chi connectivity index (χ2n) is 8.88. The number of benzene rings is 2. The molecule has 0 bridgehead atoms. The van der Waals surface area contributed by atoms with Gasteiger partial charge in [0, 0.05) is 16.5 Å². The molecule has 1 aromatic heterocycles. The number of ether oxygens (including phenoxy) is 5. The fraction of sp³-hybridized carbons (Fsp3) is 0.233. The van der Waals surface area contributed by atoms with Gasteiger partial charge in [-0.15, -0.1) is 0 Å². The summed E-state index contributed by atoms with van der Waals surface area (Å²) >= 11 is 0. The highest BCUT2D eigenvalue weighted by Gasteiger charge is 2.31. The van der Waals surface area contributed by atoms with Gasteiger partial charge in [-0.1, -0.05) is 18.2 Å². The summed E-state index contributed by atoms with van der Waals surface area (Å²) in [4.78, 5) is 39.0. The van der Waals surface area contributed by atoms with E-state index in [1.165, 1.54) is 40.6 Å². The Morgan fingerprint density at radius 1 is 0.846 bits per heavy atom. The van der Waals surface area contributed by atoms with Gasteiger partial charge in [0.25, 0.3) is 0 Å². The molecule has 9 heteroatoms. The SMILES string of the molecule is COc1cc2c(c(OC)c1OC)-c1ccc(OC)c(=O)cc1[C@H](OC(=O)c1cc3ccccc3oc1=O)CC2. The number of para-hydroxylation sites is 1. The van der Waals surface area contributed by atoms with Crippen LogP contribution in [0.2, 0.25) is 0 Å². The molecule has 0 fully saturated rings. The van der Waals surface area contributed by atoms with Crippen molar-refractivity contribution in [2.75, 3.05) is 28.4 Å². The van der Waals surface area contributed by atoms with Crippen LogP contribution in [-0.2, 0) is 11.2 Å². The Hall–Kier alpha value is -4.79. The average molecular weight is 531 g/mol. The highest BCUT2D eigenvalue weighted by atomic mass is 16.5. The first-order valence-corrected chi connectivity index (χ1v) is 12.2. The third-order valence-corrected chi connectivity index (χ3v) is 6.78. The highest BCUT2D eigenvalue weighted by molar-refractivity contribution is 5.93. The van der Waals surface area contributed by atoms with E-state index in [9.17, 15) is 14.4 Å². The molecule has 0 radical (unpaired) electrons. The van der Waals surface area contributed by atoms with Crippen LogP contribution in [0.25, 0.3) is 22.1 Å². The zero-order valence-corrected chi connectivity index (χ0v) is 21.9. The van der Waals surface area contributed by atoms with E-state index >= 15 is 0 Å². The van der Waals surface area contributed by atoms with E-state index < -0.39 is 23.1 Å². The highest BCUT2D eigenvalue weighted by Crippen LogP contribution is 2.50. The molecule has 0 aliphatic heterocycles. The summed E-state index contributed by atoms with van der Waals surface area (Å²) in [5, 5.41) is 0.583. The molecule has 5 rings (SSSR count). The van der Waals surface area contributed by atoms with Gasteiger partial charge in [-0.3, -0.25) is 4.79 Å². The van der Waals surface area contributed by atoms with Crippen molar-refractivity contribution in [1.29, 1.82) is 0 Å². The largest absolute Gasteiger partial charge is 0.493 e. The van der Waals surface area contributed by atoms with Gasteiger partial charge in [-0.25, -0.2) is 9.59 Å².